The second kappa shape index (κ2) is 4.98. The Balaban J connectivity index is 2.53. The van der Waals surface area contributed by atoms with E-state index in [0.717, 1.165) is 18.9 Å². The molecule has 0 unspecified atom stereocenters. The van der Waals surface area contributed by atoms with Gasteiger partial charge in [0.05, 0.1) is 5.69 Å². The average Bonchev–Trinajstić information content (AvgIpc) is 3.09. The summed E-state index contributed by atoms with van der Waals surface area (Å²) in [5.41, 5.74) is -1.94. The quantitative estimate of drug-likeness (QED) is 0.807. The highest BCUT2D eigenvalue weighted by Gasteiger charge is 2.33. The van der Waals surface area contributed by atoms with E-state index < -0.39 is 39.2 Å². The van der Waals surface area contributed by atoms with Crippen molar-refractivity contribution in [2.45, 2.75) is 12.8 Å². The molecule has 110 valence electrons. The first-order valence-electron chi connectivity index (χ1n) is 5.68. The number of halogens is 2. The molecule has 0 spiro atoms. The fourth-order valence-electron chi connectivity index (χ4n) is 1.78. The number of carboxylic acids is 1. The van der Waals surface area contributed by atoms with E-state index in [2.05, 4.69) is 0 Å². The van der Waals surface area contributed by atoms with Crippen molar-refractivity contribution < 1.29 is 31.7 Å². The summed E-state index contributed by atoms with van der Waals surface area (Å²) in [6, 6.07) is 1.43. The lowest BCUT2D eigenvalue weighted by Crippen LogP contribution is -2.33. The lowest BCUT2D eigenvalue weighted by atomic mass is 10.1. The van der Waals surface area contributed by atoms with E-state index in [1.54, 1.807) is 0 Å². The van der Waals surface area contributed by atoms with Gasteiger partial charge in [0.2, 0.25) is 0 Å². The molecular formula is C11H11F2NO5S. The number of nitrogens with zero attached hydrogens (tertiary/aromatic N) is 1. The van der Waals surface area contributed by atoms with Gasteiger partial charge >= 0.3 is 16.3 Å². The number of benzene rings is 1. The second-order valence-electron chi connectivity index (χ2n) is 4.51. The molecule has 0 aromatic heterocycles. The van der Waals surface area contributed by atoms with Gasteiger partial charge in [-0.1, -0.05) is 0 Å². The van der Waals surface area contributed by atoms with Crippen LogP contribution in [0.15, 0.2) is 12.1 Å². The van der Waals surface area contributed by atoms with Crippen LogP contribution < -0.4 is 4.31 Å². The number of carboxylic acid groups (broad SMARTS) is 1. The summed E-state index contributed by atoms with van der Waals surface area (Å²) in [5.74, 6) is -4.74. The van der Waals surface area contributed by atoms with Gasteiger partial charge in [-0.25, -0.2) is 17.9 Å². The van der Waals surface area contributed by atoms with Crippen molar-refractivity contribution >= 4 is 22.0 Å². The molecule has 2 N–H and O–H groups in total. The van der Waals surface area contributed by atoms with Crippen LogP contribution in [0, 0.1) is 17.6 Å². The zero-order valence-corrected chi connectivity index (χ0v) is 10.9. The van der Waals surface area contributed by atoms with Crippen molar-refractivity contribution in [1.29, 1.82) is 0 Å². The fraction of sp³-hybridized carbons (Fsp3) is 0.364. The summed E-state index contributed by atoms with van der Waals surface area (Å²) in [4.78, 5) is 10.8. The molecular weight excluding hydrogens is 296 g/mol. The molecule has 0 heterocycles. The van der Waals surface area contributed by atoms with Gasteiger partial charge in [0, 0.05) is 6.54 Å². The maximum absolute atomic E-state index is 14.0. The average molecular weight is 307 g/mol. The summed E-state index contributed by atoms with van der Waals surface area (Å²) >= 11 is 0. The van der Waals surface area contributed by atoms with E-state index in [-0.39, 0.29) is 12.5 Å². The predicted molar refractivity (Wildman–Crippen MR) is 64.9 cm³/mol. The standard InChI is InChI=1S/C11H11F2NO5S/c12-7-3-4-8(10(13)9(7)11(15)16)14(20(17,18)19)5-6-1-2-6/h3-4,6H,1-2,5H2,(H,15,16)(H,17,18,19). The van der Waals surface area contributed by atoms with E-state index in [9.17, 15) is 22.0 Å². The monoisotopic (exact) mass is 307 g/mol. The van der Waals surface area contributed by atoms with Crippen LogP contribution in [-0.4, -0.2) is 30.6 Å². The van der Waals surface area contributed by atoms with Crippen LogP contribution in [-0.2, 0) is 10.3 Å². The zero-order chi connectivity index (χ0) is 15.1. The van der Waals surface area contributed by atoms with Gasteiger partial charge < -0.3 is 5.11 Å². The third-order valence-corrected chi connectivity index (χ3v) is 3.86. The topological polar surface area (TPSA) is 94.9 Å². The molecule has 0 saturated heterocycles. The van der Waals surface area contributed by atoms with Crippen LogP contribution in [0.4, 0.5) is 14.5 Å². The summed E-state index contributed by atoms with van der Waals surface area (Å²) in [6.45, 7) is -0.180. The van der Waals surface area contributed by atoms with Crippen molar-refractivity contribution in [3.05, 3.63) is 29.3 Å². The minimum Gasteiger partial charge on any atom is -0.477 e. The van der Waals surface area contributed by atoms with E-state index in [4.69, 9.17) is 9.66 Å². The van der Waals surface area contributed by atoms with Gasteiger partial charge in [-0.05, 0) is 30.9 Å². The Morgan fingerprint density at radius 3 is 2.40 bits per heavy atom. The Morgan fingerprint density at radius 2 is 1.95 bits per heavy atom. The number of aromatic carboxylic acids is 1. The van der Waals surface area contributed by atoms with Crippen LogP contribution in [0.5, 0.6) is 0 Å². The van der Waals surface area contributed by atoms with Gasteiger partial charge in [0.1, 0.15) is 11.4 Å². The molecule has 0 aliphatic heterocycles. The molecule has 0 bridgehead atoms. The van der Waals surface area contributed by atoms with Crippen molar-refractivity contribution in [2.24, 2.45) is 5.92 Å². The molecule has 0 amide bonds. The molecule has 1 saturated carbocycles. The van der Waals surface area contributed by atoms with Crippen molar-refractivity contribution in [3.8, 4) is 0 Å². The van der Waals surface area contributed by atoms with Crippen LogP contribution in [0.1, 0.15) is 23.2 Å². The second-order valence-corrected chi connectivity index (χ2v) is 5.85. The number of carbonyl (C=O) groups is 1. The van der Waals surface area contributed by atoms with E-state index in [1.807, 2.05) is 0 Å². The smallest absolute Gasteiger partial charge is 0.360 e. The highest BCUT2D eigenvalue weighted by Crippen LogP contribution is 2.34. The Bertz CT molecular complexity index is 657. The lowest BCUT2D eigenvalue weighted by Gasteiger charge is -2.21. The Morgan fingerprint density at radius 1 is 1.35 bits per heavy atom. The molecule has 1 aromatic carbocycles. The third kappa shape index (κ3) is 2.88. The maximum Gasteiger partial charge on any atom is 0.360 e. The third-order valence-electron chi connectivity index (χ3n) is 2.95. The lowest BCUT2D eigenvalue weighted by molar-refractivity contribution is 0.0686. The van der Waals surface area contributed by atoms with Crippen molar-refractivity contribution in [1.82, 2.24) is 0 Å². The summed E-state index contributed by atoms with van der Waals surface area (Å²) in [5, 5.41) is 8.74. The van der Waals surface area contributed by atoms with E-state index in [0.29, 0.717) is 10.4 Å². The molecule has 6 nitrogen and oxygen atoms in total. The summed E-state index contributed by atoms with van der Waals surface area (Å²) in [6.07, 6.45) is 1.45. The van der Waals surface area contributed by atoms with Crippen molar-refractivity contribution in [3.63, 3.8) is 0 Å². The Hall–Kier alpha value is -1.74. The van der Waals surface area contributed by atoms with E-state index in [1.165, 1.54) is 0 Å². The molecule has 2 rings (SSSR count). The summed E-state index contributed by atoms with van der Waals surface area (Å²) < 4.78 is 59.3. The Kier molecular flexibility index (Phi) is 3.65. The highest BCUT2D eigenvalue weighted by molar-refractivity contribution is 7.87. The molecule has 1 aliphatic rings. The van der Waals surface area contributed by atoms with Gasteiger partial charge in [-0.3, -0.25) is 4.55 Å². The maximum atomic E-state index is 14.0. The van der Waals surface area contributed by atoms with Gasteiger partial charge in [0.25, 0.3) is 0 Å². The van der Waals surface area contributed by atoms with E-state index >= 15 is 0 Å². The van der Waals surface area contributed by atoms with Crippen LogP contribution in [0.3, 0.4) is 0 Å². The molecule has 1 aromatic rings. The summed E-state index contributed by atoms with van der Waals surface area (Å²) in [7, 11) is -4.77. The van der Waals surface area contributed by atoms with Crippen molar-refractivity contribution in [2.75, 3.05) is 10.8 Å². The fourth-order valence-corrected chi connectivity index (χ4v) is 2.57. The van der Waals surface area contributed by atoms with Gasteiger partial charge in [-0.15, -0.1) is 0 Å². The largest absolute Gasteiger partial charge is 0.477 e. The Labute approximate surface area is 113 Å². The normalized spacial score (nSPS) is 15.2. The number of hydrogen-bond donors (Lipinski definition) is 2. The molecule has 0 radical (unpaired) electrons. The minimum atomic E-state index is -4.77. The molecule has 1 aliphatic carbocycles. The molecule has 1 fully saturated rings. The molecule has 0 atom stereocenters. The highest BCUT2D eigenvalue weighted by atomic mass is 32.2. The predicted octanol–water partition coefficient (Wildman–Crippen LogP) is 1.68. The first-order valence-corrected chi connectivity index (χ1v) is 7.08. The van der Waals surface area contributed by atoms with Gasteiger partial charge in [0.15, 0.2) is 5.82 Å². The first-order chi connectivity index (χ1) is 9.21. The molecule has 9 heteroatoms. The SMILES string of the molecule is O=C(O)c1c(F)ccc(N(CC2CC2)S(=O)(=O)O)c1F. The van der Waals surface area contributed by atoms with Crippen LogP contribution in [0.2, 0.25) is 0 Å². The van der Waals surface area contributed by atoms with Crippen LogP contribution >= 0.6 is 0 Å². The van der Waals surface area contributed by atoms with Gasteiger partial charge in [-0.2, -0.15) is 8.42 Å². The minimum absolute atomic E-state index is 0.0327. The molecule has 20 heavy (non-hydrogen) atoms. The zero-order valence-electron chi connectivity index (χ0n) is 10.1. The number of anilines is 1. The first kappa shape index (κ1) is 14.7. The number of rotatable bonds is 5. The van der Waals surface area contributed by atoms with Crippen LogP contribution in [0.25, 0.3) is 0 Å². The number of hydrogen-bond acceptors (Lipinski definition) is 3.